The number of aliphatic hydroxyl groups excluding tert-OH is 1. The molecule has 0 radical (unpaired) electrons. The van der Waals surface area contributed by atoms with Crippen molar-refractivity contribution in [3.05, 3.63) is 65.0 Å². The lowest BCUT2D eigenvalue weighted by molar-refractivity contribution is -0.143. The molecule has 0 fully saturated rings. The minimum atomic E-state index is -1.38. The lowest BCUT2D eigenvalue weighted by atomic mass is 10.1. The van der Waals surface area contributed by atoms with E-state index in [9.17, 15) is 14.4 Å². The van der Waals surface area contributed by atoms with E-state index in [1.807, 2.05) is 36.4 Å². The van der Waals surface area contributed by atoms with Gasteiger partial charge in [-0.1, -0.05) is 18.2 Å². The fourth-order valence-electron chi connectivity index (χ4n) is 3.26. The lowest BCUT2D eigenvalue weighted by Gasteiger charge is -2.12. The molecule has 0 aliphatic carbocycles. The Morgan fingerprint density at radius 2 is 1.77 bits per heavy atom. The largest absolute Gasteiger partial charge is 0.484 e. The first-order valence-corrected chi connectivity index (χ1v) is 9.45. The zero-order chi connectivity index (χ0) is 22.0. The zero-order valence-electron chi connectivity index (χ0n) is 16.2. The van der Waals surface area contributed by atoms with E-state index < -0.39 is 31.1 Å². The van der Waals surface area contributed by atoms with Crippen molar-refractivity contribution in [1.82, 2.24) is 15.3 Å². The maximum atomic E-state index is 12.5. The number of hydrogen-bond donors (Lipinski definition) is 5. The Bertz CT molecular complexity index is 1340. The van der Waals surface area contributed by atoms with E-state index in [2.05, 4.69) is 15.3 Å². The van der Waals surface area contributed by atoms with Crippen molar-refractivity contribution in [2.24, 2.45) is 0 Å². The molecule has 2 aromatic carbocycles. The van der Waals surface area contributed by atoms with Crippen molar-refractivity contribution < 1.29 is 24.5 Å². The van der Waals surface area contributed by atoms with E-state index >= 15 is 0 Å². The Morgan fingerprint density at radius 1 is 1.00 bits per heavy atom. The van der Waals surface area contributed by atoms with Crippen LogP contribution in [-0.4, -0.2) is 51.3 Å². The van der Waals surface area contributed by atoms with Crippen molar-refractivity contribution in [1.29, 1.82) is 0 Å². The molecule has 9 nitrogen and oxygen atoms in total. The van der Waals surface area contributed by atoms with E-state index in [0.717, 1.165) is 21.8 Å². The minimum Gasteiger partial charge on any atom is -0.484 e. The summed E-state index contributed by atoms with van der Waals surface area (Å²) >= 11 is 0. The van der Waals surface area contributed by atoms with Gasteiger partial charge in [0.1, 0.15) is 11.8 Å². The summed E-state index contributed by atoms with van der Waals surface area (Å²) in [6.07, 6.45) is 0. The van der Waals surface area contributed by atoms with Gasteiger partial charge in [0.05, 0.1) is 17.9 Å². The number of rotatable bonds is 7. The van der Waals surface area contributed by atoms with Crippen LogP contribution in [0, 0.1) is 0 Å². The average molecular weight is 421 g/mol. The molecule has 0 aliphatic heterocycles. The van der Waals surface area contributed by atoms with Crippen LogP contribution in [0.1, 0.15) is 0 Å². The van der Waals surface area contributed by atoms with Crippen LogP contribution >= 0.6 is 0 Å². The lowest BCUT2D eigenvalue weighted by Crippen LogP contribution is -2.45. The fourth-order valence-corrected chi connectivity index (χ4v) is 3.26. The molecule has 0 saturated carbocycles. The van der Waals surface area contributed by atoms with Gasteiger partial charge in [0, 0.05) is 16.4 Å². The number of amides is 1. The van der Waals surface area contributed by atoms with Gasteiger partial charge in [0.2, 0.25) is 0 Å². The number of fused-ring (bicyclic) bond motifs is 2. The zero-order valence-corrected chi connectivity index (χ0v) is 16.2. The van der Waals surface area contributed by atoms with Gasteiger partial charge in [-0.05, 0) is 41.8 Å². The Labute approximate surface area is 175 Å². The first-order valence-electron chi connectivity index (χ1n) is 9.45. The number of aliphatic carboxylic acids is 1. The van der Waals surface area contributed by atoms with Gasteiger partial charge in [0.25, 0.3) is 11.5 Å². The molecule has 0 saturated heterocycles. The van der Waals surface area contributed by atoms with E-state index in [0.29, 0.717) is 17.0 Å². The summed E-state index contributed by atoms with van der Waals surface area (Å²) in [5.41, 5.74) is 2.47. The number of benzene rings is 2. The number of pyridine rings is 1. The minimum absolute atomic E-state index is 0.213. The Balaban J connectivity index is 1.54. The monoisotopic (exact) mass is 421 g/mol. The van der Waals surface area contributed by atoms with Gasteiger partial charge in [-0.25, -0.2) is 4.79 Å². The summed E-state index contributed by atoms with van der Waals surface area (Å²) in [7, 11) is 0. The van der Waals surface area contributed by atoms with Crippen LogP contribution in [0.4, 0.5) is 0 Å². The number of hydrogen-bond acceptors (Lipinski definition) is 5. The van der Waals surface area contributed by atoms with E-state index in [1.165, 1.54) is 0 Å². The van der Waals surface area contributed by atoms with Gasteiger partial charge in [0.15, 0.2) is 6.61 Å². The Kier molecular flexibility index (Phi) is 5.42. The predicted molar refractivity (Wildman–Crippen MR) is 114 cm³/mol. The molecule has 31 heavy (non-hydrogen) atoms. The molecule has 9 heteroatoms. The SMILES string of the molecule is O=C(COc1ccc2[nH]c(-c3cc4ccccc4[nH]c3=O)cc2c1)N[C@H](CO)C(=O)O. The normalized spacial score (nSPS) is 12.0. The molecule has 4 rings (SSSR count). The summed E-state index contributed by atoms with van der Waals surface area (Å²) in [4.78, 5) is 41.3. The van der Waals surface area contributed by atoms with Crippen LogP contribution in [0.3, 0.4) is 0 Å². The number of ether oxygens (including phenoxy) is 1. The number of aliphatic hydroxyl groups is 1. The third kappa shape index (κ3) is 4.26. The fraction of sp³-hybridized carbons (Fsp3) is 0.136. The topological polar surface area (TPSA) is 145 Å². The molecule has 0 unspecified atom stereocenters. The summed E-state index contributed by atoms with van der Waals surface area (Å²) in [5.74, 6) is -1.60. The average Bonchev–Trinajstić information content (AvgIpc) is 3.18. The summed E-state index contributed by atoms with van der Waals surface area (Å²) in [6, 6.07) is 14.9. The van der Waals surface area contributed by atoms with E-state index in [-0.39, 0.29) is 5.56 Å². The number of aromatic amines is 2. The van der Waals surface area contributed by atoms with Crippen LogP contribution in [0.15, 0.2) is 59.4 Å². The highest BCUT2D eigenvalue weighted by Crippen LogP contribution is 2.26. The first kappa shape index (κ1) is 20.2. The molecule has 158 valence electrons. The van der Waals surface area contributed by atoms with Crippen molar-refractivity contribution in [3.8, 4) is 17.0 Å². The van der Waals surface area contributed by atoms with Gasteiger partial charge in [-0.15, -0.1) is 0 Å². The second kappa shape index (κ2) is 8.33. The Morgan fingerprint density at radius 3 is 2.55 bits per heavy atom. The van der Waals surface area contributed by atoms with Crippen LogP contribution in [-0.2, 0) is 9.59 Å². The number of carboxylic acids is 1. The van der Waals surface area contributed by atoms with E-state index in [1.54, 1.807) is 18.2 Å². The third-order valence-electron chi connectivity index (χ3n) is 4.82. The highest BCUT2D eigenvalue weighted by atomic mass is 16.5. The second-order valence-electron chi connectivity index (χ2n) is 6.96. The van der Waals surface area contributed by atoms with Crippen LogP contribution in [0.25, 0.3) is 33.1 Å². The van der Waals surface area contributed by atoms with Gasteiger partial charge in [-0.3, -0.25) is 9.59 Å². The molecule has 2 heterocycles. The van der Waals surface area contributed by atoms with E-state index in [4.69, 9.17) is 14.9 Å². The summed E-state index contributed by atoms with van der Waals surface area (Å²) in [5, 5.41) is 21.7. The van der Waals surface area contributed by atoms with Gasteiger partial charge < -0.3 is 30.2 Å². The smallest absolute Gasteiger partial charge is 0.328 e. The quantitative estimate of drug-likeness (QED) is 0.307. The van der Waals surface area contributed by atoms with Gasteiger partial charge >= 0.3 is 5.97 Å². The third-order valence-corrected chi connectivity index (χ3v) is 4.82. The highest BCUT2D eigenvalue weighted by Gasteiger charge is 2.19. The molecule has 4 aromatic rings. The maximum Gasteiger partial charge on any atom is 0.328 e. The number of para-hydroxylation sites is 1. The molecular weight excluding hydrogens is 402 g/mol. The standard InChI is InChI=1S/C22H19N3O6/c26-10-19(22(29)30)24-20(27)11-31-14-5-6-17-13(7-14)9-18(23-17)15-8-12-3-1-2-4-16(12)25-21(15)28/h1-9,19,23,26H,10-11H2,(H,24,27)(H,25,28)(H,29,30)/t19-/m1/s1. The molecule has 0 aliphatic rings. The number of carbonyl (C=O) groups is 2. The number of carboxylic acid groups (broad SMARTS) is 1. The van der Waals surface area contributed by atoms with Gasteiger partial charge in [-0.2, -0.15) is 0 Å². The Hall–Kier alpha value is -4.11. The molecular formula is C22H19N3O6. The molecule has 5 N–H and O–H groups in total. The van der Waals surface area contributed by atoms with Crippen LogP contribution in [0.2, 0.25) is 0 Å². The number of aromatic nitrogens is 2. The second-order valence-corrected chi connectivity index (χ2v) is 6.96. The summed E-state index contributed by atoms with van der Waals surface area (Å²) in [6.45, 7) is -1.12. The first-order chi connectivity index (χ1) is 14.9. The highest BCUT2D eigenvalue weighted by molar-refractivity contribution is 5.89. The number of carbonyl (C=O) groups excluding carboxylic acids is 1. The van der Waals surface area contributed by atoms with Crippen LogP contribution in [0.5, 0.6) is 5.75 Å². The van der Waals surface area contributed by atoms with Crippen LogP contribution < -0.4 is 15.6 Å². The van der Waals surface area contributed by atoms with Crippen molar-refractivity contribution in [2.45, 2.75) is 6.04 Å². The molecule has 1 amide bonds. The molecule has 1 atom stereocenters. The predicted octanol–water partition coefficient (Wildman–Crippen LogP) is 1.62. The molecule has 0 spiro atoms. The molecule has 2 aromatic heterocycles. The number of H-pyrrole nitrogens is 2. The summed E-state index contributed by atoms with van der Waals surface area (Å²) < 4.78 is 5.43. The van der Waals surface area contributed by atoms with Crippen molar-refractivity contribution in [2.75, 3.05) is 13.2 Å². The number of nitrogens with one attached hydrogen (secondary N) is 3. The van der Waals surface area contributed by atoms with Crippen molar-refractivity contribution in [3.63, 3.8) is 0 Å². The molecule has 0 bridgehead atoms. The maximum absolute atomic E-state index is 12.5. The van der Waals surface area contributed by atoms with Crippen molar-refractivity contribution >= 4 is 33.7 Å².